The summed E-state index contributed by atoms with van der Waals surface area (Å²) < 4.78 is 4.59. The van der Waals surface area contributed by atoms with E-state index in [-0.39, 0.29) is 31.0 Å². The average Bonchev–Trinajstić information content (AvgIpc) is 2.91. The van der Waals surface area contributed by atoms with Gasteiger partial charge in [-0.2, -0.15) is 0 Å². The molecule has 0 saturated heterocycles. The van der Waals surface area contributed by atoms with E-state index in [4.69, 9.17) is 0 Å². The van der Waals surface area contributed by atoms with Crippen LogP contribution in [0.2, 0.25) is 0 Å². The van der Waals surface area contributed by atoms with Crippen LogP contribution in [-0.2, 0) is 14.3 Å². The number of hydrogen-bond donors (Lipinski definition) is 1. The van der Waals surface area contributed by atoms with E-state index in [0.29, 0.717) is 6.54 Å². The summed E-state index contributed by atoms with van der Waals surface area (Å²) in [5.74, 6) is -0.424. The van der Waals surface area contributed by atoms with Crippen molar-refractivity contribution in [3.63, 3.8) is 0 Å². The number of likely N-dealkylation sites (N-methyl/N-ethyl adjacent to an activating group) is 1. The molecule has 0 aliphatic carbocycles. The van der Waals surface area contributed by atoms with Crippen molar-refractivity contribution >= 4 is 23.2 Å². The number of methoxy groups -OCH3 is 1. The second-order valence-corrected chi connectivity index (χ2v) is 5.16. The van der Waals surface area contributed by atoms with Crippen LogP contribution >= 0.6 is 11.3 Å². The summed E-state index contributed by atoms with van der Waals surface area (Å²) in [6, 6.07) is 3.93. The fourth-order valence-electron chi connectivity index (χ4n) is 1.63. The molecule has 1 rings (SSSR count). The number of amides is 1. The molecule has 19 heavy (non-hydrogen) atoms. The molecular formula is C13H20N2O3S. The van der Waals surface area contributed by atoms with Gasteiger partial charge in [0.1, 0.15) is 0 Å². The van der Waals surface area contributed by atoms with Gasteiger partial charge in [0.2, 0.25) is 5.91 Å². The molecule has 1 aromatic rings. The van der Waals surface area contributed by atoms with E-state index < -0.39 is 0 Å². The van der Waals surface area contributed by atoms with Crippen molar-refractivity contribution in [1.29, 1.82) is 0 Å². The minimum Gasteiger partial charge on any atom is -0.468 e. The fraction of sp³-hybridized carbons (Fsp3) is 0.538. The van der Waals surface area contributed by atoms with E-state index in [2.05, 4.69) is 10.1 Å². The maximum Gasteiger partial charge on any atom is 0.319 e. The Kier molecular flexibility index (Phi) is 6.52. The van der Waals surface area contributed by atoms with Crippen LogP contribution in [0, 0.1) is 0 Å². The largest absolute Gasteiger partial charge is 0.468 e. The number of thiophene rings is 1. The molecule has 1 N–H and O–H groups in total. The van der Waals surface area contributed by atoms with Gasteiger partial charge in [0.15, 0.2) is 0 Å². The summed E-state index contributed by atoms with van der Waals surface area (Å²) in [5.41, 5.74) is 0. The quantitative estimate of drug-likeness (QED) is 0.769. The van der Waals surface area contributed by atoms with Gasteiger partial charge in [0.25, 0.3) is 0 Å². The highest BCUT2D eigenvalue weighted by Crippen LogP contribution is 2.17. The molecule has 0 saturated carbocycles. The van der Waals surface area contributed by atoms with Crippen molar-refractivity contribution in [2.45, 2.75) is 19.9 Å². The summed E-state index contributed by atoms with van der Waals surface area (Å²) >= 11 is 1.61. The first-order valence-corrected chi connectivity index (χ1v) is 7.06. The zero-order valence-electron chi connectivity index (χ0n) is 11.5. The van der Waals surface area contributed by atoms with Crippen molar-refractivity contribution in [2.24, 2.45) is 0 Å². The predicted octanol–water partition coefficient (Wildman–Crippen LogP) is 1.42. The molecule has 1 heterocycles. The van der Waals surface area contributed by atoms with Crippen LogP contribution in [0.15, 0.2) is 17.5 Å². The van der Waals surface area contributed by atoms with Gasteiger partial charge < -0.3 is 10.1 Å². The van der Waals surface area contributed by atoms with E-state index in [9.17, 15) is 9.59 Å². The molecule has 0 radical (unpaired) electrons. The number of nitrogens with zero attached hydrogens (tertiary/aromatic N) is 1. The minimum atomic E-state index is -0.332. The molecule has 0 fully saturated rings. The second-order valence-electron chi connectivity index (χ2n) is 4.18. The van der Waals surface area contributed by atoms with E-state index in [1.54, 1.807) is 16.2 Å². The van der Waals surface area contributed by atoms with Crippen LogP contribution in [0.3, 0.4) is 0 Å². The Morgan fingerprint density at radius 1 is 1.47 bits per heavy atom. The number of nitrogens with one attached hydrogen (secondary N) is 1. The van der Waals surface area contributed by atoms with Crippen molar-refractivity contribution in [3.05, 3.63) is 22.4 Å². The highest BCUT2D eigenvalue weighted by atomic mass is 32.1. The molecule has 1 amide bonds. The summed E-state index contributed by atoms with van der Waals surface area (Å²) in [5, 5.41) is 4.90. The van der Waals surface area contributed by atoms with Gasteiger partial charge in [0, 0.05) is 4.88 Å². The SMILES string of the molecule is CCN(CC(=O)NC(C)c1cccs1)CC(=O)OC. The van der Waals surface area contributed by atoms with Gasteiger partial charge in [-0.05, 0) is 24.9 Å². The Balaban J connectivity index is 2.42. The van der Waals surface area contributed by atoms with E-state index in [1.807, 2.05) is 31.4 Å². The molecule has 0 bridgehead atoms. The standard InChI is InChI=1S/C13H20N2O3S/c1-4-15(9-13(17)18-3)8-12(16)14-10(2)11-6-5-7-19-11/h5-7,10H,4,8-9H2,1-3H3,(H,14,16). The molecule has 1 atom stereocenters. The van der Waals surface area contributed by atoms with Crippen LogP contribution < -0.4 is 5.32 Å². The molecule has 0 spiro atoms. The number of esters is 1. The third kappa shape index (κ3) is 5.40. The third-order valence-electron chi connectivity index (χ3n) is 2.74. The summed E-state index contributed by atoms with van der Waals surface area (Å²) in [4.78, 5) is 25.9. The Morgan fingerprint density at radius 2 is 2.21 bits per heavy atom. The van der Waals surface area contributed by atoms with Crippen LogP contribution in [0.1, 0.15) is 24.8 Å². The minimum absolute atomic E-state index is 0.00988. The lowest BCUT2D eigenvalue weighted by Gasteiger charge is -2.20. The zero-order valence-corrected chi connectivity index (χ0v) is 12.3. The molecule has 0 aromatic carbocycles. The molecule has 0 aliphatic rings. The van der Waals surface area contributed by atoms with Crippen LogP contribution in [0.4, 0.5) is 0 Å². The van der Waals surface area contributed by atoms with E-state index >= 15 is 0 Å². The van der Waals surface area contributed by atoms with Crippen LogP contribution in [-0.4, -0.2) is 43.5 Å². The first-order valence-electron chi connectivity index (χ1n) is 6.18. The van der Waals surface area contributed by atoms with Gasteiger partial charge >= 0.3 is 5.97 Å². The normalized spacial score (nSPS) is 12.2. The number of rotatable bonds is 7. The lowest BCUT2D eigenvalue weighted by Crippen LogP contribution is -2.40. The van der Waals surface area contributed by atoms with Crippen molar-refractivity contribution in [1.82, 2.24) is 10.2 Å². The Bertz CT molecular complexity index is 406. The molecule has 1 unspecified atom stereocenters. The first kappa shape index (κ1) is 15.7. The Hall–Kier alpha value is -1.40. The van der Waals surface area contributed by atoms with Crippen molar-refractivity contribution < 1.29 is 14.3 Å². The van der Waals surface area contributed by atoms with Gasteiger partial charge in [-0.1, -0.05) is 13.0 Å². The average molecular weight is 284 g/mol. The van der Waals surface area contributed by atoms with Gasteiger partial charge in [0.05, 0.1) is 26.2 Å². The highest BCUT2D eigenvalue weighted by molar-refractivity contribution is 7.10. The third-order valence-corrected chi connectivity index (χ3v) is 3.80. The smallest absolute Gasteiger partial charge is 0.319 e. The summed E-state index contributed by atoms with van der Waals surface area (Å²) in [7, 11) is 1.34. The first-order chi connectivity index (χ1) is 9.06. The lowest BCUT2D eigenvalue weighted by atomic mass is 10.2. The van der Waals surface area contributed by atoms with Gasteiger partial charge in [-0.3, -0.25) is 14.5 Å². The molecule has 6 heteroatoms. The maximum atomic E-state index is 11.9. The lowest BCUT2D eigenvalue weighted by molar-refractivity contribution is -0.142. The Morgan fingerprint density at radius 3 is 2.74 bits per heavy atom. The fourth-order valence-corrected chi connectivity index (χ4v) is 2.36. The number of hydrogen-bond acceptors (Lipinski definition) is 5. The predicted molar refractivity (Wildman–Crippen MR) is 75.0 cm³/mol. The molecule has 5 nitrogen and oxygen atoms in total. The maximum absolute atomic E-state index is 11.9. The number of ether oxygens (including phenoxy) is 1. The summed E-state index contributed by atoms with van der Waals surface area (Å²) in [6.07, 6.45) is 0. The zero-order chi connectivity index (χ0) is 14.3. The van der Waals surface area contributed by atoms with Crippen LogP contribution in [0.5, 0.6) is 0 Å². The van der Waals surface area contributed by atoms with E-state index in [0.717, 1.165) is 4.88 Å². The highest BCUT2D eigenvalue weighted by Gasteiger charge is 2.15. The monoisotopic (exact) mass is 284 g/mol. The molecule has 1 aromatic heterocycles. The molecule has 0 aliphatic heterocycles. The van der Waals surface area contributed by atoms with Crippen LogP contribution in [0.25, 0.3) is 0 Å². The topological polar surface area (TPSA) is 58.6 Å². The number of carbonyl (C=O) groups is 2. The Labute approximate surface area is 117 Å². The van der Waals surface area contributed by atoms with Crippen molar-refractivity contribution in [3.8, 4) is 0 Å². The van der Waals surface area contributed by atoms with Crippen molar-refractivity contribution in [2.75, 3.05) is 26.7 Å². The van der Waals surface area contributed by atoms with Gasteiger partial charge in [-0.15, -0.1) is 11.3 Å². The van der Waals surface area contributed by atoms with E-state index in [1.165, 1.54) is 7.11 Å². The van der Waals surface area contributed by atoms with Gasteiger partial charge in [-0.25, -0.2) is 0 Å². The molecular weight excluding hydrogens is 264 g/mol. The summed E-state index contributed by atoms with van der Waals surface area (Å²) in [6.45, 7) is 4.80. The number of carbonyl (C=O) groups excluding carboxylic acids is 2. The molecule has 106 valence electrons. The second kappa shape index (κ2) is 7.91.